The normalized spacial score (nSPS) is 9.95. The molecule has 0 unspecified atom stereocenters. The molecular weight excluding hydrogens is 272 g/mol. The van der Waals surface area contributed by atoms with Crippen LogP contribution in [0.3, 0.4) is 0 Å². The Balaban J connectivity index is 3.07. The standard InChI is InChI=1S/C11H13ClN4O3/c12-10-6(2-1-3-7(10)13)11(19)16(4-8(14)17)5-9(15)18/h1-3H,4-5,13H2,(H2,14,17)(H2,15,18). The second-order valence-electron chi connectivity index (χ2n) is 3.80. The Labute approximate surface area is 114 Å². The predicted octanol–water partition coefficient (Wildman–Crippen LogP) is -0.665. The molecule has 0 bridgehead atoms. The fourth-order valence-electron chi connectivity index (χ4n) is 1.46. The number of hydrogen-bond acceptors (Lipinski definition) is 4. The number of rotatable bonds is 5. The van der Waals surface area contributed by atoms with E-state index in [0.717, 1.165) is 4.90 Å². The molecule has 0 radical (unpaired) electrons. The van der Waals surface area contributed by atoms with E-state index in [1.807, 2.05) is 0 Å². The highest BCUT2D eigenvalue weighted by Gasteiger charge is 2.22. The van der Waals surface area contributed by atoms with E-state index in [2.05, 4.69) is 0 Å². The summed E-state index contributed by atoms with van der Waals surface area (Å²) in [5.74, 6) is -2.18. The maximum Gasteiger partial charge on any atom is 0.256 e. The molecule has 3 amide bonds. The van der Waals surface area contributed by atoms with Crippen LogP contribution in [-0.4, -0.2) is 35.7 Å². The molecule has 0 aromatic heterocycles. The van der Waals surface area contributed by atoms with Crippen molar-refractivity contribution in [1.82, 2.24) is 4.90 Å². The van der Waals surface area contributed by atoms with Crippen LogP contribution >= 0.6 is 11.6 Å². The minimum atomic E-state index is -0.769. The number of nitrogens with two attached hydrogens (primary N) is 3. The van der Waals surface area contributed by atoms with Gasteiger partial charge in [0.2, 0.25) is 11.8 Å². The van der Waals surface area contributed by atoms with Crippen LogP contribution in [0.25, 0.3) is 0 Å². The van der Waals surface area contributed by atoms with Gasteiger partial charge in [0.05, 0.1) is 16.3 Å². The van der Waals surface area contributed by atoms with Gasteiger partial charge < -0.3 is 22.1 Å². The molecule has 1 aromatic rings. The first kappa shape index (κ1) is 14.8. The summed E-state index contributed by atoms with van der Waals surface area (Å²) in [4.78, 5) is 34.9. The lowest BCUT2D eigenvalue weighted by Gasteiger charge is -2.20. The first-order chi connectivity index (χ1) is 8.82. The summed E-state index contributed by atoms with van der Waals surface area (Å²) in [5.41, 5.74) is 15.9. The lowest BCUT2D eigenvalue weighted by Crippen LogP contribution is -2.43. The van der Waals surface area contributed by atoms with Crippen molar-refractivity contribution in [3.63, 3.8) is 0 Å². The number of carbonyl (C=O) groups is 3. The van der Waals surface area contributed by atoms with Gasteiger partial charge in [-0.3, -0.25) is 14.4 Å². The number of benzene rings is 1. The van der Waals surface area contributed by atoms with Crippen molar-refractivity contribution < 1.29 is 14.4 Å². The zero-order valence-electron chi connectivity index (χ0n) is 9.93. The van der Waals surface area contributed by atoms with Gasteiger partial charge in [-0.1, -0.05) is 17.7 Å². The van der Waals surface area contributed by atoms with E-state index in [9.17, 15) is 14.4 Å². The molecule has 19 heavy (non-hydrogen) atoms. The zero-order valence-corrected chi connectivity index (χ0v) is 10.7. The van der Waals surface area contributed by atoms with E-state index in [1.165, 1.54) is 18.2 Å². The average molecular weight is 285 g/mol. The number of nitrogens with zero attached hydrogens (tertiary/aromatic N) is 1. The molecule has 0 aliphatic heterocycles. The number of nitrogen functional groups attached to an aromatic ring is 1. The smallest absolute Gasteiger partial charge is 0.256 e. The van der Waals surface area contributed by atoms with Crippen molar-refractivity contribution in [2.24, 2.45) is 11.5 Å². The van der Waals surface area contributed by atoms with Crippen molar-refractivity contribution in [3.05, 3.63) is 28.8 Å². The number of primary amides is 2. The van der Waals surface area contributed by atoms with Crippen molar-refractivity contribution in [2.75, 3.05) is 18.8 Å². The van der Waals surface area contributed by atoms with Gasteiger partial charge >= 0.3 is 0 Å². The third-order valence-corrected chi connectivity index (χ3v) is 2.66. The molecule has 1 rings (SSSR count). The molecule has 0 fully saturated rings. The minimum absolute atomic E-state index is 0.0476. The second-order valence-corrected chi connectivity index (χ2v) is 4.18. The van der Waals surface area contributed by atoms with Crippen LogP contribution in [0.5, 0.6) is 0 Å². The number of hydrogen-bond donors (Lipinski definition) is 3. The number of anilines is 1. The van der Waals surface area contributed by atoms with Gasteiger partial charge in [-0.2, -0.15) is 0 Å². The molecule has 7 nitrogen and oxygen atoms in total. The van der Waals surface area contributed by atoms with Crippen molar-refractivity contribution >= 4 is 35.0 Å². The maximum atomic E-state index is 12.2. The Bertz CT molecular complexity index is 517. The summed E-state index contributed by atoms with van der Waals surface area (Å²) >= 11 is 5.90. The topological polar surface area (TPSA) is 133 Å². The summed E-state index contributed by atoms with van der Waals surface area (Å²) < 4.78 is 0. The molecule has 8 heteroatoms. The molecule has 0 heterocycles. The molecule has 0 spiro atoms. The molecular formula is C11H13ClN4O3. The van der Waals surface area contributed by atoms with Crippen molar-refractivity contribution in [1.29, 1.82) is 0 Å². The Morgan fingerprint density at radius 1 is 1.11 bits per heavy atom. The van der Waals surface area contributed by atoms with E-state index in [0.29, 0.717) is 0 Å². The monoisotopic (exact) mass is 284 g/mol. The van der Waals surface area contributed by atoms with Crippen LogP contribution < -0.4 is 17.2 Å². The fourth-order valence-corrected chi connectivity index (χ4v) is 1.67. The molecule has 0 atom stereocenters. The van der Waals surface area contributed by atoms with E-state index in [-0.39, 0.29) is 16.3 Å². The number of carbonyl (C=O) groups excluding carboxylic acids is 3. The Morgan fingerprint density at radius 2 is 1.63 bits per heavy atom. The van der Waals surface area contributed by atoms with E-state index < -0.39 is 30.8 Å². The fraction of sp³-hybridized carbons (Fsp3) is 0.182. The molecule has 0 saturated carbocycles. The van der Waals surface area contributed by atoms with Crippen molar-refractivity contribution in [2.45, 2.75) is 0 Å². The molecule has 102 valence electrons. The quantitative estimate of drug-likeness (QED) is 0.619. The third kappa shape index (κ3) is 3.85. The zero-order chi connectivity index (χ0) is 14.6. The van der Waals surface area contributed by atoms with Crippen LogP contribution in [0.2, 0.25) is 5.02 Å². The minimum Gasteiger partial charge on any atom is -0.398 e. The van der Waals surface area contributed by atoms with Gasteiger partial charge in [0.25, 0.3) is 5.91 Å². The Morgan fingerprint density at radius 3 is 2.11 bits per heavy atom. The van der Waals surface area contributed by atoms with Gasteiger partial charge in [-0.15, -0.1) is 0 Å². The van der Waals surface area contributed by atoms with E-state index in [4.69, 9.17) is 28.8 Å². The summed E-state index contributed by atoms with van der Waals surface area (Å²) in [6.07, 6.45) is 0. The van der Waals surface area contributed by atoms with Gasteiger partial charge in [0.15, 0.2) is 0 Å². The molecule has 0 aliphatic carbocycles. The first-order valence-electron chi connectivity index (χ1n) is 5.22. The van der Waals surface area contributed by atoms with Crippen LogP contribution in [0.4, 0.5) is 5.69 Å². The largest absolute Gasteiger partial charge is 0.398 e. The Hall–Kier alpha value is -2.28. The molecule has 0 saturated heterocycles. The van der Waals surface area contributed by atoms with Crippen LogP contribution in [0.1, 0.15) is 10.4 Å². The summed E-state index contributed by atoms with van der Waals surface area (Å²) in [5, 5.41) is 0.0476. The summed E-state index contributed by atoms with van der Waals surface area (Å²) in [6, 6.07) is 4.47. The average Bonchev–Trinajstić information content (AvgIpc) is 2.30. The third-order valence-electron chi connectivity index (χ3n) is 2.24. The highest BCUT2D eigenvalue weighted by Crippen LogP contribution is 2.24. The highest BCUT2D eigenvalue weighted by atomic mass is 35.5. The van der Waals surface area contributed by atoms with Crippen LogP contribution in [-0.2, 0) is 9.59 Å². The van der Waals surface area contributed by atoms with Gasteiger partial charge in [-0.05, 0) is 12.1 Å². The van der Waals surface area contributed by atoms with Crippen LogP contribution in [0.15, 0.2) is 18.2 Å². The second kappa shape index (κ2) is 6.05. The summed E-state index contributed by atoms with van der Waals surface area (Å²) in [6.45, 7) is -0.875. The lowest BCUT2D eigenvalue weighted by atomic mass is 10.1. The van der Waals surface area contributed by atoms with Gasteiger partial charge in [0.1, 0.15) is 13.1 Å². The van der Waals surface area contributed by atoms with Crippen LogP contribution in [0, 0.1) is 0 Å². The van der Waals surface area contributed by atoms with E-state index >= 15 is 0 Å². The maximum absolute atomic E-state index is 12.2. The van der Waals surface area contributed by atoms with Crippen molar-refractivity contribution in [3.8, 4) is 0 Å². The lowest BCUT2D eigenvalue weighted by molar-refractivity contribution is -0.121. The SMILES string of the molecule is NC(=O)CN(CC(N)=O)C(=O)c1cccc(N)c1Cl. The Kier molecular flexibility index (Phi) is 4.71. The number of amides is 3. The van der Waals surface area contributed by atoms with E-state index in [1.54, 1.807) is 0 Å². The molecule has 1 aromatic carbocycles. The molecule has 6 N–H and O–H groups in total. The van der Waals surface area contributed by atoms with Gasteiger partial charge in [0, 0.05) is 0 Å². The highest BCUT2D eigenvalue weighted by molar-refractivity contribution is 6.36. The van der Waals surface area contributed by atoms with Gasteiger partial charge in [-0.25, -0.2) is 0 Å². The predicted molar refractivity (Wildman–Crippen MR) is 70.2 cm³/mol. The molecule has 0 aliphatic rings. The summed E-state index contributed by atoms with van der Waals surface area (Å²) in [7, 11) is 0. The first-order valence-corrected chi connectivity index (χ1v) is 5.60. The number of halogens is 1.